The van der Waals surface area contributed by atoms with Crippen molar-refractivity contribution in [1.29, 1.82) is 0 Å². The van der Waals surface area contributed by atoms with Crippen LogP contribution in [0.4, 0.5) is 0 Å². The van der Waals surface area contributed by atoms with Crippen molar-refractivity contribution in [2.24, 2.45) is 21.7 Å². The summed E-state index contributed by atoms with van der Waals surface area (Å²) in [5, 5.41) is 0. The second kappa shape index (κ2) is 21.7. The Bertz CT molecular complexity index is 2660. The van der Waals surface area contributed by atoms with E-state index in [1.54, 1.807) is 106 Å². The van der Waals surface area contributed by atoms with Crippen molar-refractivity contribution in [3.63, 3.8) is 0 Å². The number of rotatable bonds is 13. The number of Topliss-reactive ketones (excluding diaryl/α,β-unsaturated/α-hetero) is 2. The second-order valence-corrected chi connectivity index (χ2v) is 19.4. The number of pyridine rings is 5. The number of likely N-dealkylation sites (N-methyl/N-ethyl adjacent to an activating group) is 1. The van der Waals surface area contributed by atoms with Crippen molar-refractivity contribution in [1.82, 2.24) is 49.4 Å². The van der Waals surface area contributed by atoms with Crippen molar-refractivity contribution >= 4 is 35.4 Å². The number of hydrogen-bond acceptors (Lipinski definition) is 20. The van der Waals surface area contributed by atoms with E-state index in [0.29, 0.717) is 42.4 Å². The van der Waals surface area contributed by atoms with E-state index in [-0.39, 0.29) is 26.2 Å². The molecule has 4 aliphatic rings. The minimum atomic E-state index is -1.77. The third-order valence-electron chi connectivity index (χ3n) is 15.1. The molecule has 5 aromatic heterocycles. The number of esters is 4. The van der Waals surface area contributed by atoms with E-state index in [0.717, 1.165) is 5.69 Å². The Morgan fingerprint density at radius 3 is 1.04 bits per heavy atom. The van der Waals surface area contributed by atoms with Crippen LogP contribution < -0.4 is 0 Å². The van der Waals surface area contributed by atoms with Gasteiger partial charge in [-0.1, -0.05) is 30.3 Å². The Hall–Kier alpha value is -7.23. The van der Waals surface area contributed by atoms with Crippen molar-refractivity contribution in [3.8, 4) is 0 Å². The van der Waals surface area contributed by atoms with Crippen molar-refractivity contribution in [2.75, 3.05) is 95.9 Å². The average molecular weight is 1010 g/mol. The third kappa shape index (κ3) is 8.72. The van der Waals surface area contributed by atoms with Crippen LogP contribution in [0.2, 0.25) is 0 Å². The predicted molar refractivity (Wildman–Crippen MR) is 266 cm³/mol. The smallest absolute Gasteiger partial charge is 0.322 e. The summed E-state index contributed by atoms with van der Waals surface area (Å²) in [4.78, 5) is 117. The first-order valence-electron chi connectivity index (χ1n) is 24.1. The lowest BCUT2D eigenvalue weighted by Crippen LogP contribution is -2.75. The van der Waals surface area contributed by atoms with Crippen LogP contribution in [0.15, 0.2) is 122 Å². The highest BCUT2D eigenvalue weighted by atomic mass is 16.5. The first-order chi connectivity index (χ1) is 35.6. The molecule has 74 heavy (non-hydrogen) atoms. The maximum Gasteiger partial charge on any atom is 0.322 e. The summed E-state index contributed by atoms with van der Waals surface area (Å²) < 4.78 is 21.2. The van der Waals surface area contributed by atoms with Crippen LogP contribution in [0, 0.1) is 21.7 Å². The van der Waals surface area contributed by atoms with Crippen LogP contribution in [-0.2, 0) is 54.3 Å². The first-order valence-corrected chi connectivity index (χ1v) is 24.1. The highest BCUT2D eigenvalue weighted by Gasteiger charge is 2.77. The highest BCUT2D eigenvalue weighted by Crippen LogP contribution is 2.62. The van der Waals surface area contributed by atoms with Crippen molar-refractivity contribution in [3.05, 3.63) is 150 Å². The quantitative estimate of drug-likeness (QED) is 0.0940. The molecule has 0 amide bonds. The van der Waals surface area contributed by atoms with Gasteiger partial charge >= 0.3 is 23.9 Å². The van der Waals surface area contributed by atoms with Gasteiger partial charge in [-0.15, -0.1) is 0 Å². The molecule has 388 valence electrons. The molecule has 20 heteroatoms. The number of piperidine rings is 4. The summed E-state index contributed by atoms with van der Waals surface area (Å²) in [6.45, 7) is 1.70. The summed E-state index contributed by atoms with van der Waals surface area (Å²) >= 11 is 0. The predicted octanol–water partition coefficient (Wildman–Crippen LogP) is 2.97. The normalized spacial score (nSPS) is 28.1. The third-order valence-corrected chi connectivity index (χ3v) is 15.1. The van der Waals surface area contributed by atoms with Gasteiger partial charge in [0.2, 0.25) is 0 Å². The number of carbonyl (C=O) groups is 6. The van der Waals surface area contributed by atoms with Crippen molar-refractivity contribution < 1.29 is 47.7 Å². The van der Waals surface area contributed by atoms with Gasteiger partial charge in [0.25, 0.3) is 0 Å². The molecule has 0 N–H and O–H groups in total. The van der Waals surface area contributed by atoms with Crippen LogP contribution >= 0.6 is 0 Å². The molecule has 0 radical (unpaired) electrons. The molecule has 9 rings (SSSR count). The van der Waals surface area contributed by atoms with Gasteiger partial charge in [-0.3, -0.25) is 73.3 Å². The van der Waals surface area contributed by atoms with Gasteiger partial charge in [-0.2, -0.15) is 0 Å². The Morgan fingerprint density at radius 1 is 0.486 bits per heavy atom. The summed E-state index contributed by atoms with van der Waals surface area (Å²) in [6.07, 6.45) is 8.17. The van der Waals surface area contributed by atoms with E-state index in [2.05, 4.69) is 24.9 Å². The van der Waals surface area contributed by atoms with E-state index < -0.39 is 81.3 Å². The molecule has 8 unspecified atom stereocenters. The Morgan fingerprint density at radius 2 is 0.784 bits per heavy atom. The monoisotopic (exact) mass is 1010 g/mol. The van der Waals surface area contributed by atoms with Gasteiger partial charge in [0.05, 0.1) is 81.1 Å². The van der Waals surface area contributed by atoms with Gasteiger partial charge in [0.1, 0.15) is 0 Å². The standard InChI is InChI=1S/C28H29N5O5.C26H33N5O5/c1-32-22(20-11-5-8-14-30-20)27(25(35)37-2)17-33(16-19-10-4-7-13-29-19)18-28(24(27)34,26(36)38-3)23(32)21-12-6-9-15-31-21;1-29(2)14-15-31-16-25(23(33)35-4)20(18-10-6-8-12-27-18)30(3)21(19-11-7-9-13-28-19)26(17-31,22(25)32)24(34)36-5/h4-15,22-23H,16-18H2,1-3H3;6-13,20-21H,14-17H2,1-5H3. The lowest BCUT2D eigenvalue weighted by atomic mass is 9.54. The number of carbonyl (C=O) groups excluding carboxylic acids is 6. The molecule has 20 nitrogen and oxygen atoms in total. The lowest BCUT2D eigenvalue weighted by Gasteiger charge is -2.60. The van der Waals surface area contributed by atoms with Crippen LogP contribution in [0.25, 0.3) is 0 Å². The molecule has 0 aliphatic carbocycles. The summed E-state index contributed by atoms with van der Waals surface area (Å²) in [6, 6.07) is 23.7. The minimum absolute atomic E-state index is 0.00828. The number of ketones is 2. The van der Waals surface area contributed by atoms with E-state index in [1.165, 1.54) is 28.4 Å². The fraction of sp³-hybridized carbons (Fsp3) is 0.426. The second-order valence-electron chi connectivity index (χ2n) is 19.4. The molecule has 4 fully saturated rings. The Balaban J connectivity index is 0.000000197. The maximum atomic E-state index is 14.8. The van der Waals surface area contributed by atoms with Crippen molar-refractivity contribution in [2.45, 2.75) is 30.7 Å². The van der Waals surface area contributed by atoms with Crippen LogP contribution in [-0.4, -0.2) is 181 Å². The minimum Gasteiger partial charge on any atom is -0.468 e. The summed E-state index contributed by atoms with van der Waals surface area (Å²) in [5.41, 5.74) is -4.14. The van der Waals surface area contributed by atoms with E-state index in [1.807, 2.05) is 68.9 Å². The molecule has 4 bridgehead atoms. The molecule has 0 aromatic carbocycles. The number of aromatic nitrogens is 5. The van der Waals surface area contributed by atoms with E-state index in [9.17, 15) is 28.8 Å². The zero-order valence-electron chi connectivity index (χ0n) is 42.9. The molecule has 0 spiro atoms. The summed E-state index contributed by atoms with van der Waals surface area (Å²) in [5.74, 6) is -3.92. The van der Waals surface area contributed by atoms with Gasteiger partial charge in [0.15, 0.2) is 33.2 Å². The van der Waals surface area contributed by atoms with Crippen LogP contribution in [0.3, 0.4) is 0 Å². The first kappa shape index (κ1) is 53.1. The molecule has 4 aliphatic heterocycles. The Labute approximate surface area is 430 Å². The van der Waals surface area contributed by atoms with Gasteiger partial charge in [0, 0.05) is 76.8 Å². The maximum absolute atomic E-state index is 14.8. The molecule has 9 heterocycles. The Kier molecular flexibility index (Phi) is 15.6. The SMILES string of the molecule is COC(=O)C12CN(CCN(C)C)CC(C(=O)OC)(C1=O)C(c1ccccn1)N(C)C2c1ccccn1.COC(=O)C12CN(Cc3ccccn3)CC(C(=O)OC)(C1=O)C(c1ccccn1)N(C)C2c1ccccn1. The molecule has 5 aromatic rings. The molecule has 4 saturated heterocycles. The number of fused-ring (bicyclic) bond motifs is 4. The molecule has 0 saturated carbocycles. The number of ether oxygens (including phenoxy) is 4. The fourth-order valence-corrected chi connectivity index (χ4v) is 12.3. The number of nitrogens with zero attached hydrogens (tertiary/aromatic N) is 10. The average Bonchev–Trinajstić information content (AvgIpc) is 3.44. The highest BCUT2D eigenvalue weighted by molar-refractivity contribution is 6.18. The lowest BCUT2D eigenvalue weighted by molar-refractivity contribution is -0.205. The van der Waals surface area contributed by atoms with Crippen LogP contribution in [0.5, 0.6) is 0 Å². The zero-order chi connectivity index (χ0) is 53.0. The summed E-state index contributed by atoms with van der Waals surface area (Å²) in [7, 11) is 12.5. The molecular weight excluding hydrogens is 949 g/mol. The largest absolute Gasteiger partial charge is 0.468 e. The number of likely N-dealkylation sites (tertiary alicyclic amines) is 4. The van der Waals surface area contributed by atoms with E-state index >= 15 is 0 Å². The number of methoxy groups -OCH3 is 4. The van der Waals surface area contributed by atoms with E-state index in [4.69, 9.17) is 18.9 Å². The van der Waals surface area contributed by atoms with Gasteiger partial charge in [-0.05, 0) is 88.9 Å². The molecular formula is C54H62N10O10. The zero-order valence-corrected chi connectivity index (χ0v) is 42.9. The number of hydrogen-bond donors (Lipinski definition) is 0. The fourth-order valence-electron chi connectivity index (χ4n) is 12.3. The van der Waals surface area contributed by atoms with Crippen LogP contribution in [0.1, 0.15) is 52.6 Å². The van der Waals surface area contributed by atoms with Gasteiger partial charge in [-0.25, -0.2) is 0 Å². The molecule has 8 atom stereocenters. The topological polar surface area (TPSA) is 220 Å². The van der Waals surface area contributed by atoms with Gasteiger partial charge < -0.3 is 23.8 Å².